The number of hydrogen-bond donors (Lipinski definition) is 1. The van der Waals surface area contributed by atoms with Gasteiger partial charge in [-0.1, -0.05) is 28.9 Å². The molecule has 0 unspecified atom stereocenters. The Hall–Kier alpha value is -2.60. The molecule has 0 aliphatic carbocycles. The van der Waals surface area contributed by atoms with Crippen LogP contribution < -0.4 is 5.43 Å². The number of carbonyl (C=O) groups excluding carboxylic acids is 1. The predicted molar refractivity (Wildman–Crippen MR) is 85.1 cm³/mol. The lowest BCUT2D eigenvalue weighted by atomic mass is 10.1. The molecule has 6 nitrogen and oxygen atoms in total. The monoisotopic (exact) mass is 316 g/mol. The molecule has 0 saturated carbocycles. The van der Waals surface area contributed by atoms with Crippen LogP contribution in [-0.4, -0.2) is 23.1 Å². The standard InChI is InChI=1S/C15H13ClN4O2/c1-10-5-6-17-8-13(10)15(21)20-19-14(9-18-22)11-3-2-4-12(16)7-11/h2-8H,9H2,1H3,(H,20,21). The van der Waals surface area contributed by atoms with E-state index in [2.05, 4.69) is 20.7 Å². The predicted octanol–water partition coefficient (Wildman–Crippen LogP) is 2.94. The van der Waals surface area contributed by atoms with Gasteiger partial charge in [0, 0.05) is 23.0 Å². The van der Waals surface area contributed by atoms with E-state index in [0.29, 0.717) is 21.9 Å². The van der Waals surface area contributed by atoms with Crippen molar-refractivity contribution in [3.63, 3.8) is 0 Å². The third kappa shape index (κ3) is 3.95. The van der Waals surface area contributed by atoms with Gasteiger partial charge in [0.25, 0.3) is 5.91 Å². The minimum Gasteiger partial charge on any atom is -0.267 e. The van der Waals surface area contributed by atoms with Crippen molar-refractivity contribution in [2.75, 3.05) is 6.54 Å². The molecule has 1 amide bonds. The highest BCUT2D eigenvalue weighted by Gasteiger charge is 2.10. The van der Waals surface area contributed by atoms with Gasteiger partial charge in [0.2, 0.25) is 0 Å². The van der Waals surface area contributed by atoms with Crippen LogP contribution in [-0.2, 0) is 0 Å². The van der Waals surface area contributed by atoms with Crippen molar-refractivity contribution in [3.8, 4) is 0 Å². The van der Waals surface area contributed by atoms with Crippen LogP contribution in [0.1, 0.15) is 21.5 Å². The van der Waals surface area contributed by atoms with E-state index in [1.807, 2.05) is 0 Å². The molecule has 0 radical (unpaired) electrons. The molecule has 1 N–H and O–H groups in total. The Balaban J connectivity index is 2.22. The van der Waals surface area contributed by atoms with E-state index in [1.54, 1.807) is 43.5 Å². The summed E-state index contributed by atoms with van der Waals surface area (Å²) in [6.07, 6.45) is 3.06. The van der Waals surface area contributed by atoms with Crippen LogP contribution in [0.25, 0.3) is 0 Å². The zero-order valence-electron chi connectivity index (χ0n) is 11.8. The maximum atomic E-state index is 12.1. The van der Waals surface area contributed by atoms with Gasteiger partial charge in [-0.15, -0.1) is 0 Å². The Bertz CT molecular complexity index is 731. The largest absolute Gasteiger partial charge is 0.273 e. The number of aryl methyl sites for hydroxylation is 1. The van der Waals surface area contributed by atoms with Crippen LogP contribution in [0.4, 0.5) is 0 Å². The Morgan fingerprint density at radius 1 is 1.36 bits per heavy atom. The van der Waals surface area contributed by atoms with Crippen molar-refractivity contribution in [2.45, 2.75) is 6.92 Å². The average Bonchev–Trinajstić information content (AvgIpc) is 2.51. The van der Waals surface area contributed by atoms with Crippen LogP contribution >= 0.6 is 11.6 Å². The van der Waals surface area contributed by atoms with Crippen molar-refractivity contribution < 1.29 is 4.79 Å². The Morgan fingerprint density at radius 3 is 2.86 bits per heavy atom. The first kappa shape index (κ1) is 15.8. The number of nitroso groups, excluding NO2 is 1. The molecule has 2 aromatic rings. The summed E-state index contributed by atoms with van der Waals surface area (Å²) in [5.74, 6) is -0.406. The lowest BCUT2D eigenvalue weighted by molar-refractivity contribution is 0.0954. The number of aromatic nitrogens is 1. The molecule has 1 heterocycles. The summed E-state index contributed by atoms with van der Waals surface area (Å²) in [4.78, 5) is 26.5. The van der Waals surface area contributed by atoms with Gasteiger partial charge in [-0.05, 0) is 30.7 Å². The molecule has 0 aliphatic heterocycles. The number of rotatable bonds is 5. The van der Waals surface area contributed by atoms with E-state index in [9.17, 15) is 9.70 Å². The maximum absolute atomic E-state index is 12.1. The van der Waals surface area contributed by atoms with Gasteiger partial charge in [-0.25, -0.2) is 5.43 Å². The van der Waals surface area contributed by atoms with E-state index in [0.717, 1.165) is 5.56 Å². The average molecular weight is 317 g/mol. The molecule has 0 spiro atoms. The third-order valence-electron chi connectivity index (χ3n) is 2.95. The molecular weight excluding hydrogens is 304 g/mol. The number of nitrogens with one attached hydrogen (secondary N) is 1. The van der Waals surface area contributed by atoms with E-state index >= 15 is 0 Å². The SMILES string of the molecule is Cc1ccncc1C(=O)NN=C(CN=O)c1cccc(Cl)c1. The van der Waals surface area contributed by atoms with Gasteiger partial charge in [0.1, 0.15) is 6.54 Å². The van der Waals surface area contributed by atoms with E-state index in [1.165, 1.54) is 6.20 Å². The molecule has 2 rings (SSSR count). The molecule has 112 valence electrons. The van der Waals surface area contributed by atoms with Gasteiger partial charge in [0.15, 0.2) is 0 Å². The first-order valence-electron chi connectivity index (χ1n) is 6.44. The summed E-state index contributed by atoms with van der Waals surface area (Å²) >= 11 is 5.91. The highest BCUT2D eigenvalue weighted by molar-refractivity contribution is 6.31. The van der Waals surface area contributed by atoms with Crippen LogP contribution in [0, 0.1) is 11.8 Å². The molecule has 0 fully saturated rings. The number of pyridine rings is 1. The lowest BCUT2D eigenvalue weighted by Crippen LogP contribution is -2.22. The van der Waals surface area contributed by atoms with Crippen molar-refractivity contribution in [1.29, 1.82) is 0 Å². The molecular formula is C15H13ClN4O2. The van der Waals surface area contributed by atoms with E-state index in [-0.39, 0.29) is 6.54 Å². The van der Waals surface area contributed by atoms with E-state index < -0.39 is 5.91 Å². The fraction of sp³-hybridized carbons (Fsp3) is 0.133. The molecule has 0 saturated heterocycles. The quantitative estimate of drug-likeness (QED) is 0.523. The first-order chi connectivity index (χ1) is 10.6. The second-order valence-electron chi connectivity index (χ2n) is 4.49. The number of halogens is 1. The highest BCUT2D eigenvalue weighted by Crippen LogP contribution is 2.12. The zero-order valence-corrected chi connectivity index (χ0v) is 12.5. The van der Waals surface area contributed by atoms with Crippen molar-refractivity contribution in [1.82, 2.24) is 10.4 Å². The van der Waals surface area contributed by atoms with Crippen LogP contribution in [0.3, 0.4) is 0 Å². The summed E-state index contributed by atoms with van der Waals surface area (Å²) in [7, 11) is 0. The molecule has 0 bridgehead atoms. The first-order valence-corrected chi connectivity index (χ1v) is 6.82. The molecule has 0 atom stereocenters. The van der Waals surface area contributed by atoms with Crippen LogP contribution in [0.15, 0.2) is 53.0 Å². The molecule has 1 aromatic heterocycles. The minimum atomic E-state index is -0.406. The lowest BCUT2D eigenvalue weighted by Gasteiger charge is -2.06. The topological polar surface area (TPSA) is 83.8 Å². The second kappa shape index (κ2) is 7.42. The van der Waals surface area contributed by atoms with Gasteiger partial charge in [-0.2, -0.15) is 10.0 Å². The molecule has 1 aromatic carbocycles. The summed E-state index contributed by atoms with van der Waals surface area (Å²) in [5, 5.41) is 7.31. The molecule has 7 heteroatoms. The summed E-state index contributed by atoms with van der Waals surface area (Å²) in [6, 6.07) is 8.54. The summed E-state index contributed by atoms with van der Waals surface area (Å²) in [5.41, 5.74) is 4.55. The minimum absolute atomic E-state index is 0.174. The van der Waals surface area contributed by atoms with Crippen LogP contribution in [0.5, 0.6) is 0 Å². The van der Waals surface area contributed by atoms with Gasteiger partial charge < -0.3 is 0 Å². The number of benzene rings is 1. The smallest absolute Gasteiger partial charge is 0.267 e. The van der Waals surface area contributed by atoms with Gasteiger partial charge in [0.05, 0.1) is 11.3 Å². The second-order valence-corrected chi connectivity index (χ2v) is 4.92. The highest BCUT2D eigenvalue weighted by atomic mass is 35.5. The zero-order chi connectivity index (χ0) is 15.9. The van der Waals surface area contributed by atoms with Crippen LogP contribution in [0.2, 0.25) is 5.02 Å². The molecule has 0 aliphatic rings. The Labute approximate surface area is 132 Å². The van der Waals surface area contributed by atoms with Gasteiger partial charge >= 0.3 is 0 Å². The number of hydrazone groups is 1. The van der Waals surface area contributed by atoms with Crippen molar-refractivity contribution in [2.24, 2.45) is 10.3 Å². The fourth-order valence-corrected chi connectivity index (χ4v) is 1.99. The summed E-state index contributed by atoms with van der Waals surface area (Å²) < 4.78 is 0. The van der Waals surface area contributed by atoms with E-state index in [4.69, 9.17) is 11.6 Å². The summed E-state index contributed by atoms with van der Waals surface area (Å²) in [6.45, 7) is 1.62. The normalized spacial score (nSPS) is 11.1. The number of amides is 1. The Kier molecular flexibility index (Phi) is 5.32. The van der Waals surface area contributed by atoms with Crippen molar-refractivity contribution >= 4 is 23.2 Å². The fourth-order valence-electron chi connectivity index (χ4n) is 1.80. The molecule has 22 heavy (non-hydrogen) atoms. The Morgan fingerprint density at radius 2 is 2.18 bits per heavy atom. The maximum Gasteiger partial charge on any atom is 0.273 e. The third-order valence-corrected chi connectivity index (χ3v) is 3.18. The number of nitrogens with zero attached hydrogens (tertiary/aromatic N) is 3. The number of carbonyl (C=O) groups is 1. The number of hydrogen-bond acceptors (Lipinski definition) is 5. The van der Waals surface area contributed by atoms with Crippen molar-refractivity contribution in [3.05, 3.63) is 69.3 Å². The van der Waals surface area contributed by atoms with Gasteiger partial charge in [-0.3, -0.25) is 9.78 Å².